The summed E-state index contributed by atoms with van der Waals surface area (Å²) in [7, 11) is 0. The molecule has 1 N–H and O–H groups in total. The third-order valence-electron chi connectivity index (χ3n) is 5.52. The topological polar surface area (TPSA) is 80.9 Å². The molecule has 2 aliphatic rings. The van der Waals surface area contributed by atoms with Crippen molar-refractivity contribution in [1.82, 2.24) is 15.1 Å². The van der Waals surface area contributed by atoms with E-state index in [1.54, 1.807) is 6.20 Å². The summed E-state index contributed by atoms with van der Waals surface area (Å²) >= 11 is 0. The first kappa shape index (κ1) is 19.3. The van der Waals surface area contributed by atoms with Crippen molar-refractivity contribution in [3.63, 3.8) is 0 Å². The van der Waals surface area contributed by atoms with Gasteiger partial charge in [-0.3, -0.25) is 9.48 Å². The van der Waals surface area contributed by atoms with Gasteiger partial charge in [0.2, 0.25) is 5.91 Å². The van der Waals surface area contributed by atoms with E-state index < -0.39 is 0 Å². The van der Waals surface area contributed by atoms with Gasteiger partial charge in [0.15, 0.2) is 5.66 Å². The van der Waals surface area contributed by atoms with Gasteiger partial charge in [-0.25, -0.2) is 0 Å². The molecule has 4 rings (SSSR count). The standard InChI is InChI=1S/C22H25N5O2/c1-2-3-11-22(25-26-22)12-14-23-21(28)18-10-15-29-20(18)19-9-13-24-27(19)16-17-7-5-4-6-8-17/h1,4-9,13,18,20H,3,10-12,14-16H2,(H,23,28)/t18-,20-/m1/s1. The first-order valence-corrected chi connectivity index (χ1v) is 10.0. The molecule has 2 aromatic rings. The van der Waals surface area contributed by atoms with Crippen molar-refractivity contribution >= 4 is 5.91 Å². The molecule has 1 aromatic carbocycles. The number of nitrogens with zero attached hydrogens (tertiary/aromatic N) is 4. The van der Waals surface area contributed by atoms with E-state index in [4.69, 9.17) is 11.2 Å². The molecule has 2 aliphatic heterocycles. The molecule has 0 saturated carbocycles. The van der Waals surface area contributed by atoms with Gasteiger partial charge in [-0.2, -0.15) is 15.3 Å². The smallest absolute Gasteiger partial charge is 0.226 e. The number of aromatic nitrogens is 2. The lowest BCUT2D eigenvalue weighted by atomic mass is 9.97. The zero-order valence-electron chi connectivity index (χ0n) is 16.3. The summed E-state index contributed by atoms with van der Waals surface area (Å²) in [4.78, 5) is 12.8. The molecule has 0 bridgehead atoms. The minimum atomic E-state index is -0.375. The quantitative estimate of drug-likeness (QED) is 0.667. The van der Waals surface area contributed by atoms with Crippen LogP contribution in [0.3, 0.4) is 0 Å². The van der Waals surface area contributed by atoms with Crippen LogP contribution in [0.1, 0.15) is 43.0 Å². The molecule has 1 amide bonds. The second kappa shape index (κ2) is 8.58. The molecule has 1 aromatic heterocycles. The van der Waals surface area contributed by atoms with Gasteiger partial charge < -0.3 is 10.1 Å². The van der Waals surface area contributed by atoms with Gasteiger partial charge >= 0.3 is 0 Å². The van der Waals surface area contributed by atoms with Crippen LogP contribution in [0.2, 0.25) is 0 Å². The lowest BCUT2D eigenvalue weighted by Gasteiger charge is -2.20. The molecule has 7 nitrogen and oxygen atoms in total. The van der Waals surface area contributed by atoms with Crippen molar-refractivity contribution in [2.45, 2.75) is 44.0 Å². The highest BCUT2D eigenvalue weighted by Gasteiger charge is 2.40. The Kier molecular flexibility index (Phi) is 5.72. The minimum Gasteiger partial charge on any atom is -0.371 e. The van der Waals surface area contributed by atoms with Crippen LogP contribution in [0.5, 0.6) is 0 Å². The highest BCUT2D eigenvalue weighted by atomic mass is 16.5. The molecule has 0 aliphatic carbocycles. The number of terminal acetylenes is 1. The monoisotopic (exact) mass is 391 g/mol. The van der Waals surface area contributed by atoms with Crippen molar-refractivity contribution in [2.24, 2.45) is 16.1 Å². The van der Waals surface area contributed by atoms with Crippen LogP contribution in [-0.2, 0) is 16.1 Å². The van der Waals surface area contributed by atoms with Crippen LogP contribution in [-0.4, -0.2) is 34.5 Å². The number of rotatable bonds is 9. The van der Waals surface area contributed by atoms with E-state index in [0.29, 0.717) is 39.0 Å². The number of hydrogen-bond donors (Lipinski definition) is 1. The van der Waals surface area contributed by atoms with Gasteiger partial charge in [-0.15, -0.1) is 12.3 Å². The lowest BCUT2D eigenvalue weighted by molar-refractivity contribution is -0.126. The molecule has 7 heteroatoms. The number of benzene rings is 1. The number of ether oxygens (including phenoxy) is 1. The molecule has 0 spiro atoms. The number of amides is 1. The summed E-state index contributed by atoms with van der Waals surface area (Å²) in [6.45, 7) is 1.75. The van der Waals surface area contributed by atoms with E-state index in [-0.39, 0.29) is 23.6 Å². The minimum absolute atomic E-state index is 0.00714. The number of carbonyl (C=O) groups excluding carboxylic acids is 1. The maximum Gasteiger partial charge on any atom is 0.226 e. The number of hydrogen-bond acceptors (Lipinski definition) is 5. The Morgan fingerprint density at radius 2 is 2.10 bits per heavy atom. The summed E-state index contributed by atoms with van der Waals surface area (Å²) in [6.07, 6.45) is 9.57. The van der Waals surface area contributed by atoms with E-state index >= 15 is 0 Å². The van der Waals surface area contributed by atoms with Crippen LogP contribution >= 0.6 is 0 Å². The van der Waals surface area contributed by atoms with Crippen LogP contribution in [0, 0.1) is 18.3 Å². The van der Waals surface area contributed by atoms with E-state index in [2.05, 4.69) is 38.7 Å². The first-order chi connectivity index (χ1) is 14.2. The zero-order chi connectivity index (χ0) is 20.1. The molecule has 150 valence electrons. The fraction of sp³-hybridized carbons (Fsp3) is 0.455. The first-order valence-electron chi connectivity index (χ1n) is 10.0. The fourth-order valence-corrected chi connectivity index (χ4v) is 3.81. The Bertz CT molecular complexity index is 909. The van der Waals surface area contributed by atoms with Crippen LogP contribution in [0.25, 0.3) is 0 Å². The molecular formula is C22H25N5O2. The van der Waals surface area contributed by atoms with E-state index in [1.165, 1.54) is 0 Å². The SMILES string of the molecule is C#CCCC1(CCNC(=O)[C@@H]2CCO[C@H]2c2ccnn2Cc2ccccc2)N=N1. The van der Waals surface area contributed by atoms with E-state index in [1.807, 2.05) is 28.9 Å². The molecule has 3 heterocycles. The second-order valence-electron chi connectivity index (χ2n) is 7.51. The second-order valence-corrected chi connectivity index (χ2v) is 7.51. The number of nitrogens with one attached hydrogen (secondary N) is 1. The Hall–Kier alpha value is -2.98. The van der Waals surface area contributed by atoms with Crippen LogP contribution < -0.4 is 5.32 Å². The Morgan fingerprint density at radius 1 is 1.28 bits per heavy atom. The third-order valence-corrected chi connectivity index (χ3v) is 5.52. The predicted octanol–water partition coefficient (Wildman–Crippen LogP) is 3.09. The molecule has 0 radical (unpaired) electrons. The van der Waals surface area contributed by atoms with Crippen LogP contribution in [0.4, 0.5) is 0 Å². The molecular weight excluding hydrogens is 366 g/mol. The summed E-state index contributed by atoms with van der Waals surface area (Å²) in [5.41, 5.74) is 1.72. The molecule has 1 saturated heterocycles. The Balaban J connectivity index is 1.35. The fourth-order valence-electron chi connectivity index (χ4n) is 3.81. The van der Waals surface area contributed by atoms with Crippen molar-refractivity contribution in [3.8, 4) is 12.3 Å². The molecule has 0 unspecified atom stereocenters. The highest BCUT2D eigenvalue weighted by Crippen LogP contribution is 2.37. The van der Waals surface area contributed by atoms with Gasteiger partial charge in [0.05, 0.1) is 18.2 Å². The summed E-state index contributed by atoms with van der Waals surface area (Å²) in [6, 6.07) is 12.1. The van der Waals surface area contributed by atoms with Gasteiger partial charge in [0.25, 0.3) is 0 Å². The average Bonchev–Trinajstić information content (AvgIpc) is 3.12. The van der Waals surface area contributed by atoms with Crippen molar-refractivity contribution in [1.29, 1.82) is 0 Å². The van der Waals surface area contributed by atoms with E-state index in [0.717, 1.165) is 17.7 Å². The normalized spacial score (nSPS) is 21.6. The van der Waals surface area contributed by atoms with Crippen molar-refractivity contribution in [2.75, 3.05) is 13.2 Å². The Labute approximate surface area is 170 Å². The maximum atomic E-state index is 12.8. The highest BCUT2D eigenvalue weighted by molar-refractivity contribution is 5.79. The summed E-state index contributed by atoms with van der Waals surface area (Å²) in [5, 5.41) is 15.7. The third kappa shape index (κ3) is 4.54. The summed E-state index contributed by atoms with van der Waals surface area (Å²) < 4.78 is 7.86. The molecule has 2 atom stereocenters. The maximum absolute atomic E-state index is 12.8. The average molecular weight is 391 g/mol. The van der Waals surface area contributed by atoms with E-state index in [9.17, 15) is 4.79 Å². The van der Waals surface area contributed by atoms with Gasteiger partial charge in [0.1, 0.15) is 6.10 Å². The van der Waals surface area contributed by atoms with Gasteiger partial charge in [-0.1, -0.05) is 30.3 Å². The largest absolute Gasteiger partial charge is 0.371 e. The number of carbonyl (C=O) groups is 1. The summed E-state index contributed by atoms with van der Waals surface area (Å²) in [5.74, 6) is 2.40. The zero-order valence-corrected chi connectivity index (χ0v) is 16.3. The molecule has 1 fully saturated rings. The van der Waals surface area contributed by atoms with Crippen molar-refractivity contribution < 1.29 is 9.53 Å². The van der Waals surface area contributed by atoms with Crippen molar-refractivity contribution in [3.05, 3.63) is 53.9 Å². The van der Waals surface area contributed by atoms with Crippen LogP contribution in [0.15, 0.2) is 52.8 Å². The predicted molar refractivity (Wildman–Crippen MR) is 108 cm³/mol. The lowest BCUT2D eigenvalue weighted by Crippen LogP contribution is -2.35. The molecule has 29 heavy (non-hydrogen) atoms. The Morgan fingerprint density at radius 3 is 2.86 bits per heavy atom. The van der Waals surface area contributed by atoms with Gasteiger partial charge in [0, 0.05) is 38.6 Å². The van der Waals surface area contributed by atoms with Gasteiger partial charge in [-0.05, 0) is 18.1 Å².